The molecule has 3 aromatic rings. The molecule has 0 saturated heterocycles. The normalized spacial score (nSPS) is 10.5. The number of hydrogen-bond acceptors (Lipinski definition) is 4. The van der Waals surface area contributed by atoms with Crippen molar-refractivity contribution in [3.8, 4) is 27.6 Å². The van der Waals surface area contributed by atoms with Crippen molar-refractivity contribution in [1.82, 2.24) is 4.98 Å². The average molecular weight is 296 g/mol. The number of ether oxygens (including phenoxy) is 1. The molecular weight excluding hydrogens is 280 g/mol. The smallest absolute Gasteiger partial charge is 0.129 e. The maximum Gasteiger partial charge on any atom is 0.129 e. The molecular formula is C17H16N2OS. The average Bonchev–Trinajstić information content (AvgIpc) is 2.99. The monoisotopic (exact) mass is 296 g/mol. The quantitative estimate of drug-likeness (QED) is 0.723. The van der Waals surface area contributed by atoms with E-state index in [1.165, 1.54) is 0 Å². The third-order valence-corrected chi connectivity index (χ3v) is 4.00. The number of para-hydroxylation sites is 1. The summed E-state index contributed by atoms with van der Waals surface area (Å²) in [6, 6.07) is 15.8. The number of hydrogen-bond donors (Lipinski definition) is 1. The van der Waals surface area contributed by atoms with Crippen LogP contribution in [0.3, 0.4) is 0 Å². The SMILES string of the molecule is CCOc1ccccc1-c1nc(-c2ccc(N)cc2)cs1. The molecule has 0 spiro atoms. The Kier molecular flexibility index (Phi) is 3.88. The number of benzene rings is 2. The summed E-state index contributed by atoms with van der Waals surface area (Å²) < 4.78 is 5.67. The van der Waals surface area contributed by atoms with Gasteiger partial charge in [0.25, 0.3) is 0 Å². The first kappa shape index (κ1) is 13.6. The summed E-state index contributed by atoms with van der Waals surface area (Å²) in [4.78, 5) is 4.72. The van der Waals surface area contributed by atoms with Crippen molar-refractivity contribution in [3.05, 3.63) is 53.9 Å². The van der Waals surface area contributed by atoms with Crippen LogP contribution in [0.1, 0.15) is 6.92 Å². The minimum Gasteiger partial charge on any atom is -0.493 e. The van der Waals surface area contributed by atoms with Gasteiger partial charge in [0.1, 0.15) is 10.8 Å². The Morgan fingerprint density at radius 3 is 2.62 bits per heavy atom. The minimum absolute atomic E-state index is 0.646. The zero-order valence-corrected chi connectivity index (χ0v) is 12.6. The van der Waals surface area contributed by atoms with Gasteiger partial charge in [-0.15, -0.1) is 11.3 Å². The van der Waals surface area contributed by atoms with Crippen LogP contribution in [-0.2, 0) is 0 Å². The van der Waals surface area contributed by atoms with Gasteiger partial charge in [-0.2, -0.15) is 0 Å². The zero-order chi connectivity index (χ0) is 14.7. The summed E-state index contributed by atoms with van der Waals surface area (Å²) in [5.74, 6) is 0.873. The van der Waals surface area contributed by atoms with Gasteiger partial charge < -0.3 is 10.5 Å². The van der Waals surface area contributed by atoms with Crippen LogP contribution in [0.5, 0.6) is 5.75 Å². The summed E-state index contributed by atoms with van der Waals surface area (Å²) in [7, 11) is 0. The molecule has 0 aliphatic rings. The highest BCUT2D eigenvalue weighted by Gasteiger charge is 2.11. The topological polar surface area (TPSA) is 48.1 Å². The Morgan fingerprint density at radius 2 is 1.86 bits per heavy atom. The van der Waals surface area contributed by atoms with E-state index in [1.807, 2.05) is 55.5 Å². The molecule has 0 atom stereocenters. The lowest BCUT2D eigenvalue weighted by molar-refractivity contribution is 0.341. The van der Waals surface area contributed by atoms with Crippen molar-refractivity contribution in [2.24, 2.45) is 0 Å². The first-order chi connectivity index (χ1) is 10.3. The van der Waals surface area contributed by atoms with Crippen LogP contribution < -0.4 is 10.5 Å². The fourth-order valence-electron chi connectivity index (χ4n) is 2.11. The Bertz CT molecular complexity index is 735. The molecule has 2 aromatic carbocycles. The molecule has 0 aliphatic heterocycles. The zero-order valence-electron chi connectivity index (χ0n) is 11.7. The van der Waals surface area contributed by atoms with E-state index in [2.05, 4.69) is 5.38 Å². The van der Waals surface area contributed by atoms with Gasteiger partial charge in [0, 0.05) is 16.6 Å². The second kappa shape index (κ2) is 5.97. The molecule has 0 bridgehead atoms. The number of nitrogens with zero attached hydrogens (tertiary/aromatic N) is 1. The number of thiazole rings is 1. The Hall–Kier alpha value is -2.33. The van der Waals surface area contributed by atoms with Crippen LogP contribution in [0, 0.1) is 0 Å². The van der Waals surface area contributed by atoms with E-state index in [1.54, 1.807) is 11.3 Å². The molecule has 106 valence electrons. The molecule has 4 heteroatoms. The Labute approximate surface area is 128 Å². The van der Waals surface area contributed by atoms with Crippen molar-refractivity contribution in [2.45, 2.75) is 6.92 Å². The predicted molar refractivity (Wildman–Crippen MR) is 88.6 cm³/mol. The Balaban J connectivity index is 1.97. The predicted octanol–water partition coefficient (Wildman–Crippen LogP) is 4.46. The van der Waals surface area contributed by atoms with E-state index in [9.17, 15) is 0 Å². The molecule has 1 aromatic heterocycles. The summed E-state index contributed by atoms with van der Waals surface area (Å²) in [6.45, 7) is 2.63. The molecule has 0 fully saturated rings. The third kappa shape index (κ3) is 2.90. The van der Waals surface area contributed by atoms with Crippen LogP contribution in [0.15, 0.2) is 53.9 Å². The summed E-state index contributed by atoms with van der Waals surface area (Å²) >= 11 is 1.62. The third-order valence-electron chi connectivity index (χ3n) is 3.13. The molecule has 2 N–H and O–H groups in total. The summed E-state index contributed by atoms with van der Waals surface area (Å²) in [5.41, 5.74) is 9.54. The van der Waals surface area contributed by atoms with Crippen LogP contribution in [0.2, 0.25) is 0 Å². The number of nitrogens with two attached hydrogens (primary N) is 1. The maximum atomic E-state index is 5.72. The van der Waals surface area contributed by atoms with Crippen molar-refractivity contribution in [2.75, 3.05) is 12.3 Å². The number of rotatable bonds is 4. The van der Waals surface area contributed by atoms with Gasteiger partial charge >= 0.3 is 0 Å². The molecule has 3 rings (SSSR count). The highest BCUT2D eigenvalue weighted by atomic mass is 32.1. The van der Waals surface area contributed by atoms with Gasteiger partial charge in [-0.25, -0.2) is 4.98 Å². The summed E-state index contributed by atoms with van der Waals surface area (Å²) in [5, 5.41) is 3.02. The summed E-state index contributed by atoms with van der Waals surface area (Å²) in [6.07, 6.45) is 0. The molecule has 0 unspecified atom stereocenters. The minimum atomic E-state index is 0.646. The van der Waals surface area contributed by atoms with Crippen LogP contribution >= 0.6 is 11.3 Å². The molecule has 3 nitrogen and oxygen atoms in total. The molecule has 0 aliphatic carbocycles. The van der Waals surface area contributed by atoms with Crippen molar-refractivity contribution in [1.29, 1.82) is 0 Å². The van der Waals surface area contributed by atoms with E-state index < -0.39 is 0 Å². The first-order valence-corrected chi connectivity index (χ1v) is 7.69. The lowest BCUT2D eigenvalue weighted by atomic mass is 10.1. The highest BCUT2D eigenvalue weighted by Crippen LogP contribution is 2.34. The van der Waals surface area contributed by atoms with E-state index in [0.717, 1.165) is 33.3 Å². The highest BCUT2D eigenvalue weighted by molar-refractivity contribution is 7.13. The second-order valence-corrected chi connectivity index (χ2v) is 5.45. The van der Waals surface area contributed by atoms with Crippen molar-refractivity contribution < 1.29 is 4.74 Å². The van der Waals surface area contributed by atoms with E-state index in [0.29, 0.717) is 6.61 Å². The van der Waals surface area contributed by atoms with Crippen molar-refractivity contribution in [3.63, 3.8) is 0 Å². The molecule has 21 heavy (non-hydrogen) atoms. The lowest BCUT2D eigenvalue weighted by Gasteiger charge is -2.07. The van der Waals surface area contributed by atoms with E-state index in [-0.39, 0.29) is 0 Å². The standard InChI is InChI=1S/C17H16N2OS/c1-2-20-16-6-4-3-5-14(16)17-19-15(11-21-17)12-7-9-13(18)10-8-12/h3-11H,2,18H2,1H3. The van der Waals surface area contributed by atoms with E-state index >= 15 is 0 Å². The van der Waals surface area contributed by atoms with Crippen LogP contribution in [-0.4, -0.2) is 11.6 Å². The fraction of sp³-hybridized carbons (Fsp3) is 0.118. The molecule has 0 saturated carbocycles. The number of nitrogen functional groups attached to an aromatic ring is 1. The van der Waals surface area contributed by atoms with Crippen molar-refractivity contribution >= 4 is 17.0 Å². The largest absolute Gasteiger partial charge is 0.493 e. The van der Waals surface area contributed by atoms with Crippen LogP contribution in [0.25, 0.3) is 21.8 Å². The lowest BCUT2D eigenvalue weighted by Crippen LogP contribution is -1.93. The van der Waals surface area contributed by atoms with Crippen LogP contribution in [0.4, 0.5) is 5.69 Å². The maximum absolute atomic E-state index is 5.72. The second-order valence-electron chi connectivity index (χ2n) is 4.59. The number of aromatic nitrogens is 1. The van der Waals surface area contributed by atoms with Gasteiger partial charge in [-0.05, 0) is 31.2 Å². The number of anilines is 1. The Morgan fingerprint density at radius 1 is 1.10 bits per heavy atom. The van der Waals surface area contributed by atoms with Gasteiger partial charge in [0.05, 0.1) is 17.9 Å². The van der Waals surface area contributed by atoms with Gasteiger partial charge in [-0.1, -0.05) is 24.3 Å². The fourth-order valence-corrected chi connectivity index (χ4v) is 2.97. The molecule has 0 radical (unpaired) electrons. The van der Waals surface area contributed by atoms with E-state index in [4.69, 9.17) is 15.5 Å². The van der Waals surface area contributed by atoms with Gasteiger partial charge in [0.2, 0.25) is 0 Å². The molecule has 0 amide bonds. The van der Waals surface area contributed by atoms with Gasteiger partial charge in [0.15, 0.2) is 0 Å². The first-order valence-electron chi connectivity index (χ1n) is 6.81. The molecule has 1 heterocycles. The van der Waals surface area contributed by atoms with Gasteiger partial charge in [-0.3, -0.25) is 0 Å².